The molecule has 0 saturated carbocycles. The summed E-state index contributed by atoms with van der Waals surface area (Å²) in [5.41, 5.74) is 8.80. The van der Waals surface area contributed by atoms with E-state index in [1.165, 1.54) is 11.1 Å². The Morgan fingerprint density at radius 1 is 0.714 bits per heavy atom. The second kappa shape index (κ2) is 14.8. The molecular weight excluding hydrogens is 541 g/mol. The third-order valence-corrected chi connectivity index (χ3v) is 5.89. The van der Waals surface area contributed by atoms with Crippen LogP contribution in [0.5, 0.6) is 0 Å². The quantitative estimate of drug-likeness (QED) is 0.213. The van der Waals surface area contributed by atoms with E-state index in [2.05, 4.69) is 45.9 Å². The SMILES string of the molecule is CC(=Nc1c(C)cccc1Cl)c1cccc(C(C)=Nc2c(C(C)C)cccc2C(C)C)n1.Cl.Cl.[Fe]. The van der Waals surface area contributed by atoms with Crippen LogP contribution in [0.25, 0.3) is 0 Å². The first-order chi connectivity index (χ1) is 15.2. The Labute approximate surface area is 238 Å². The average molecular weight is 575 g/mol. The van der Waals surface area contributed by atoms with E-state index in [4.69, 9.17) is 26.6 Å². The van der Waals surface area contributed by atoms with E-state index in [9.17, 15) is 0 Å². The molecular formula is C28H34Cl3FeN3. The van der Waals surface area contributed by atoms with E-state index in [1.807, 2.05) is 57.2 Å². The number of hydrogen-bond donors (Lipinski definition) is 0. The van der Waals surface area contributed by atoms with Crippen LogP contribution in [-0.2, 0) is 17.1 Å². The Kier molecular flexibility index (Phi) is 14.1. The minimum atomic E-state index is 0. The maximum atomic E-state index is 6.37. The Morgan fingerprint density at radius 3 is 1.60 bits per heavy atom. The third-order valence-electron chi connectivity index (χ3n) is 5.58. The van der Waals surface area contributed by atoms with Crippen molar-refractivity contribution < 1.29 is 17.1 Å². The van der Waals surface area contributed by atoms with Crippen LogP contribution in [0.15, 0.2) is 64.6 Å². The topological polar surface area (TPSA) is 37.6 Å². The molecule has 3 aromatic rings. The molecule has 0 saturated heterocycles. The number of aliphatic imine (C=N–C) groups is 2. The number of nitrogens with zero attached hydrogens (tertiary/aromatic N) is 3. The second-order valence-electron chi connectivity index (χ2n) is 8.80. The molecule has 0 aliphatic rings. The first kappa shape index (κ1) is 33.3. The number of aromatic nitrogens is 1. The van der Waals surface area contributed by atoms with Crippen LogP contribution in [0.1, 0.15) is 81.5 Å². The van der Waals surface area contributed by atoms with Crippen molar-refractivity contribution in [1.82, 2.24) is 4.98 Å². The van der Waals surface area contributed by atoms with Gasteiger partial charge in [0.25, 0.3) is 0 Å². The molecule has 7 heteroatoms. The standard InChI is InChI=1S/C28H32ClN3.2ClH.Fe/c1-17(2)22-12-9-13-23(18(3)4)28(22)31-21(7)26-16-10-15-25(32-26)20(6)30-27-19(5)11-8-14-24(27)29;;;/h8-18H,1-7H3;2*1H;. The van der Waals surface area contributed by atoms with Gasteiger partial charge in [0.05, 0.1) is 39.2 Å². The van der Waals surface area contributed by atoms with Gasteiger partial charge in [-0.1, -0.05) is 75.7 Å². The van der Waals surface area contributed by atoms with E-state index in [0.29, 0.717) is 16.9 Å². The summed E-state index contributed by atoms with van der Waals surface area (Å²) in [5, 5.41) is 0.643. The molecule has 0 unspecified atom stereocenters. The van der Waals surface area contributed by atoms with E-state index in [0.717, 1.165) is 39.7 Å². The zero-order valence-electron chi connectivity index (χ0n) is 21.2. The van der Waals surface area contributed by atoms with E-state index in [1.54, 1.807) is 0 Å². The molecule has 1 aromatic heterocycles. The molecule has 0 aliphatic carbocycles. The van der Waals surface area contributed by atoms with Gasteiger partial charge in [-0.05, 0) is 67.5 Å². The summed E-state index contributed by atoms with van der Waals surface area (Å²) < 4.78 is 0. The summed E-state index contributed by atoms with van der Waals surface area (Å²) in [4.78, 5) is 14.7. The predicted molar refractivity (Wildman–Crippen MR) is 153 cm³/mol. The summed E-state index contributed by atoms with van der Waals surface area (Å²) in [5.74, 6) is 0.792. The second-order valence-corrected chi connectivity index (χ2v) is 9.21. The Bertz CT molecular complexity index is 1140. The maximum Gasteiger partial charge on any atom is 0.0849 e. The predicted octanol–water partition coefficient (Wildman–Crippen LogP) is 9.41. The first-order valence-corrected chi connectivity index (χ1v) is 11.5. The summed E-state index contributed by atoms with van der Waals surface area (Å²) in [6.45, 7) is 14.8. The molecule has 0 amide bonds. The normalized spacial score (nSPS) is 11.6. The van der Waals surface area contributed by atoms with Gasteiger partial charge in [-0.2, -0.15) is 0 Å². The molecule has 0 aliphatic heterocycles. The van der Waals surface area contributed by atoms with Gasteiger partial charge in [0.15, 0.2) is 0 Å². The largest absolute Gasteiger partial charge is 0.251 e. The minimum Gasteiger partial charge on any atom is -0.251 e. The number of halogens is 3. The van der Waals surface area contributed by atoms with Gasteiger partial charge >= 0.3 is 0 Å². The van der Waals surface area contributed by atoms with Crippen molar-refractivity contribution in [2.45, 2.75) is 60.3 Å². The van der Waals surface area contributed by atoms with Gasteiger partial charge in [-0.25, -0.2) is 9.98 Å². The smallest absolute Gasteiger partial charge is 0.0849 e. The van der Waals surface area contributed by atoms with Crippen LogP contribution < -0.4 is 0 Å². The third kappa shape index (κ3) is 8.17. The first-order valence-electron chi connectivity index (χ1n) is 11.1. The fourth-order valence-corrected chi connectivity index (χ4v) is 3.96. The zero-order chi connectivity index (χ0) is 23.4. The van der Waals surface area contributed by atoms with Gasteiger partial charge in [0.2, 0.25) is 0 Å². The van der Waals surface area contributed by atoms with Crippen LogP contribution in [0.2, 0.25) is 5.02 Å². The number of aryl methyl sites for hydroxylation is 1. The van der Waals surface area contributed by atoms with E-state index >= 15 is 0 Å². The molecule has 0 radical (unpaired) electrons. The summed E-state index contributed by atoms with van der Waals surface area (Å²) >= 11 is 6.37. The number of pyridine rings is 1. The van der Waals surface area contributed by atoms with Crippen LogP contribution in [0.4, 0.5) is 11.4 Å². The molecule has 0 N–H and O–H groups in total. The van der Waals surface area contributed by atoms with Crippen molar-refractivity contribution >= 4 is 59.2 Å². The Morgan fingerprint density at radius 2 is 1.14 bits per heavy atom. The van der Waals surface area contributed by atoms with Crippen LogP contribution in [0, 0.1) is 6.92 Å². The summed E-state index contributed by atoms with van der Waals surface area (Å²) in [7, 11) is 0. The van der Waals surface area contributed by atoms with Gasteiger partial charge in [0.1, 0.15) is 0 Å². The van der Waals surface area contributed by atoms with E-state index < -0.39 is 0 Å². The molecule has 0 spiro atoms. The van der Waals surface area contributed by atoms with E-state index in [-0.39, 0.29) is 41.9 Å². The molecule has 0 fully saturated rings. The molecule has 0 bridgehead atoms. The number of para-hydroxylation sites is 2. The summed E-state index contributed by atoms with van der Waals surface area (Å²) in [6, 6.07) is 18.3. The van der Waals surface area contributed by atoms with Crippen LogP contribution in [0.3, 0.4) is 0 Å². The number of hydrogen-bond acceptors (Lipinski definition) is 3. The molecule has 190 valence electrons. The minimum absolute atomic E-state index is 0. The van der Waals surface area contributed by atoms with Crippen molar-refractivity contribution in [3.05, 3.63) is 87.7 Å². The van der Waals surface area contributed by atoms with Crippen molar-refractivity contribution in [3.63, 3.8) is 0 Å². The molecule has 3 rings (SSSR count). The summed E-state index contributed by atoms with van der Waals surface area (Å²) in [6.07, 6.45) is 0. The Balaban J connectivity index is 0.00000385. The maximum absolute atomic E-state index is 6.37. The molecule has 0 atom stereocenters. The van der Waals surface area contributed by atoms with Gasteiger partial charge < -0.3 is 0 Å². The van der Waals surface area contributed by atoms with Crippen LogP contribution in [-0.4, -0.2) is 16.4 Å². The van der Waals surface area contributed by atoms with Crippen molar-refractivity contribution in [1.29, 1.82) is 0 Å². The fraction of sp³-hybridized carbons (Fsp3) is 0.321. The molecule has 2 aromatic carbocycles. The van der Waals surface area contributed by atoms with Crippen molar-refractivity contribution in [2.24, 2.45) is 9.98 Å². The fourth-order valence-electron chi connectivity index (χ4n) is 3.69. The Hall–Kier alpha value is -1.68. The van der Waals surface area contributed by atoms with Crippen LogP contribution >= 0.6 is 36.4 Å². The van der Waals surface area contributed by atoms with Crippen molar-refractivity contribution in [3.8, 4) is 0 Å². The number of benzene rings is 2. The molecule has 3 nitrogen and oxygen atoms in total. The van der Waals surface area contributed by atoms with Gasteiger partial charge in [0, 0.05) is 17.1 Å². The zero-order valence-corrected chi connectivity index (χ0v) is 24.7. The van der Waals surface area contributed by atoms with Crippen molar-refractivity contribution in [2.75, 3.05) is 0 Å². The molecule has 35 heavy (non-hydrogen) atoms. The van der Waals surface area contributed by atoms with Gasteiger partial charge in [-0.15, -0.1) is 24.8 Å². The van der Waals surface area contributed by atoms with Gasteiger partial charge in [-0.3, -0.25) is 4.99 Å². The molecule has 1 heterocycles. The number of rotatable bonds is 6. The average Bonchev–Trinajstić information content (AvgIpc) is 2.76. The monoisotopic (exact) mass is 573 g/mol.